The van der Waals surface area contributed by atoms with E-state index in [0.717, 1.165) is 28.5 Å². The summed E-state index contributed by atoms with van der Waals surface area (Å²) in [6, 6.07) is 25.0. The van der Waals surface area contributed by atoms with Gasteiger partial charge in [-0.1, -0.05) is 66.7 Å². The van der Waals surface area contributed by atoms with Gasteiger partial charge in [0.15, 0.2) is 5.13 Å². The van der Waals surface area contributed by atoms with E-state index in [1.54, 1.807) is 11.3 Å². The van der Waals surface area contributed by atoms with Crippen molar-refractivity contribution in [2.24, 2.45) is 0 Å². The summed E-state index contributed by atoms with van der Waals surface area (Å²) in [7, 11) is 0. The highest BCUT2D eigenvalue weighted by Crippen LogP contribution is 2.34. The number of thiazole rings is 1. The van der Waals surface area contributed by atoms with Crippen molar-refractivity contribution < 1.29 is 0 Å². The maximum absolute atomic E-state index is 4.82. The van der Waals surface area contributed by atoms with Gasteiger partial charge in [-0.05, 0) is 24.8 Å². The first-order valence-corrected chi connectivity index (χ1v) is 8.76. The molecular weight excluding hydrogens is 312 g/mol. The van der Waals surface area contributed by atoms with E-state index in [9.17, 15) is 0 Å². The SMILES string of the molecule is [CH2]Cc1sc(Nc2cccc3ccccc23)nc1-c1ccccc1. The Morgan fingerprint density at radius 1 is 0.875 bits per heavy atom. The molecule has 0 saturated carbocycles. The lowest BCUT2D eigenvalue weighted by atomic mass is 10.1. The van der Waals surface area contributed by atoms with Crippen molar-refractivity contribution in [1.29, 1.82) is 0 Å². The molecule has 3 heteroatoms. The molecule has 0 saturated heterocycles. The summed E-state index contributed by atoms with van der Waals surface area (Å²) in [4.78, 5) is 6.02. The van der Waals surface area contributed by atoms with E-state index >= 15 is 0 Å². The molecule has 0 aliphatic rings. The highest BCUT2D eigenvalue weighted by molar-refractivity contribution is 7.16. The summed E-state index contributed by atoms with van der Waals surface area (Å²) in [6.45, 7) is 4.06. The molecule has 3 aromatic carbocycles. The molecular formula is C21H17N2S. The second-order valence-electron chi connectivity index (χ2n) is 5.56. The molecule has 4 aromatic rings. The highest BCUT2D eigenvalue weighted by atomic mass is 32.1. The van der Waals surface area contributed by atoms with Crippen LogP contribution in [-0.2, 0) is 6.42 Å². The first kappa shape index (κ1) is 14.9. The van der Waals surface area contributed by atoms with Crippen LogP contribution in [0.2, 0.25) is 0 Å². The van der Waals surface area contributed by atoms with Crippen molar-refractivity contribution in [3.63, 3.8) is 0 Å². The Morgan fingerprint density at radius 2 is 1.62 bits per heavy atom. The van der Waals surface area contributed by atoms with Crippen LogP contribution >= 0.6 is 11.3 Å². The number of aromatic nitrogens is 1. The second kappa shape index (κ2) is 6.46. The molecule has 0 atom stereocenters. The maximum atomic E-state index is 4.82. The van der Waals surface area contributed by atoms with Crippen LogP contribution in [0.5, 0.6) is 0 Å². The zero-order chi connectivity index (χ0) is 16.4. The first-order valence-electron chi connectivity index (χ1n) is 7.94. The smallest absolute Gasteiger partial charge is 0.187 e. The molecule has 0 spiro atoms. The monoisotopic (exact) mass is 329 g/mol. The van der Waals surface area contributed by atoms with Crippen molar-refractivity contribution in [2.75, 3.05) is 5.32 Å². The molecule has 1 N–H and O–H groups in total. The van der Waals surface area contributed by atoms with E-state index in [1.165, 1.54) is 15.6 Å². The molecule has 4 rings (SSSR count). The number of nitrogens with one attached hydrogen (secondary N) is 1. The van der Waals surface area contributed by atoms with Crippen LogP contribution in [-0.4, -0.2) is 4.98 Å². The Morgan fingerprint density at radius 3 is 2.46 bits per heavy atom. The van der Waals surface area contributed by atoms with E-state index in [4.69, 9.17) is 4.98 Å². The topological polar surface area (TPSA) is 24.9 Å². The van der Waals surface area contributed by atoms with E-state index < -0.39 is 0 Å². The van der Waals surface area contributed by atoms with Gasteiger partial charge in [0.2, 0.25) is 0 Å². The minimum absolute atomic E-state index is 0.735. The average molecular weight is 329 g/mol. The van der Waals surface area contributed by atoms with Gasteiger partial charge in [0.25, 0.3) is 0 Å². The third-order valence-electron chi connectivity index (χ3n) is 4.00. The quantitative estimate of drug-likeness (QED) is 0.490. The molecule has 1 aromatic heterocycles. The summed E-state index contributed by atoms with van der Waals surface area (Å²) < 4.78 is 0. The number of hydrogen-bond acceptors (Lipinski definition) is 3. The first-order chi connectivity index (χ1) is 11.8. The molecule has 0 fully saturated rings. The van der Waals surface area contributed by atoms with E-state index in [1.807, 2.05) is 18.2 Å². The Kier molecular flexibility index (Phi) is 4.01. The van der Waals surface area contributed by atoms with E-state index in [-0.39, 0.29) is 0 Å². The summed E-state index contributed by atoms with van der Waals surface area (Å²) in [5.41, 5.74) is 3.24. The Balaban J connectivity index is 1.74. The Hall–Kier alpha value is -2.65. The van der Waals surface area contributed by atoms with Crippen LogP contribution in [0.4, 0.5) is 10.8 Å². The van der Waals surface area contributed by atoms with Crippen LogP contribution in [0, 0.1) is 6.92 Å². The lowest BCUT2D eigenvalue weighted by Gasteiger charge is -2.06. The van der Waals surface area contributed by atoms with Crippen LogP contribution in [0.1, 0.15) is 4.88 Å². The third-order valence-corrected chi connectivity index (χ3v) is 5.03. The fraction of sp³-hybridized carbons (Fsp3) is 0.0476. The van der Waals surface area contributed by atoms with Gasteiger partial charge in [0.1, 0.15) is 0 Å². The third kappa shape index (κ3) is 2.79. The largest absolute Gasteiger partial charge is 0.331 e. The van der Waals surface area contributed by atoms with Gasteiger partial charge in [-0.25, -0.2) is 4.98 Å². The highest BCUT2D eigenvalue weighted by Gasteiger charge is 2.12. The molecule has 117 valence electrons. The van der Waals surface area contributed by atoms with E-state index in [0.29, 0.717) is 0 Å². The minimum atomic E-state index is 0.735. The normalized spacial score (nSPS) is 10.9. The summed E-state index contributed by atoms with van der Waals surface area (Å²) in [6.07, 6.45) is 0.735. The van der Waals surface area contributed by atoms with Crippen LogP contribution < -0.4 is 5.32 Å². The molecule has 0 unspecified atom stereocenters. The molecule has 24 heavy (non-hydrogen) atoms. The lowest BCUT2D eigenvalue weighted by molar-refractivity contribution is 1.29. The fourth-order valence-electron chi connectivity index (χ4n) is 2.85. The summed E-state index contributed by atoms with van der Waals surface area (Å²) in [5.74, 6) is 0. The van der Waals surface area contributed by atoms with Gasteiger partial charge in [-0.2, -0.15) is 0 Å². The van der Waals surface area contributed by atoms with Gasteiger partial charge < -0.3 is 5.32 Å². The number of anilines is 2. The number of rotatable bonds is 4. The molecule has 0 bridgehead atoms. The van der Waals surface area contributed by atoms with Crippen LogP contribution in [0.3, 0.4) is 0 Å². The van der Waals surface area contributed by atoms with Crippen LogP contribution in [0.15, 0.2) is 72.8 Å². The number of benzene rings is 3. The minimum Gasteiger partial charge on any atom is -0.331 e. The molecule has 0 aliphatic carbocycles. The summed E-state index contributed by atoms with van der Waals surface area (Å²) in [5, 5.41) is 6.82. The van der Waals surface area contributed by atoms with Crippen LogP contribution in [0.25, 0.3) is 22.0 Å². The second-order valence-corrected chi connectivity index (χ2v) is 6.64. The van der Waals surface area contributed by atoms with Crippen molar-refractivity contribution in [3.05, 3.63) is 84.6 Å². The Bertz CT molecular complexity index is 968. The predicted molar refractivity (Wildman–Crippen MR) is 104 cm³/mol. The van der Waals surface area contributed by atoms with Gasteiger partial charge in [0, 0.05) is 21.5 Å². The van der Waals surface area contributed by atoms with Gasteiger partial charge in [-0.3, -0.25) is 0 Å². The maximum Gasteiger partial charge on any atom is 0.187 e. The number of fused-ring (bicyclic) bond motifs is 1. The van der Waals surface area contributed by atoms with Crippen molar-refractivity contribution in [2.45, 2.75) is 6.42 Å². The standard InChI is InChI=1S/C21H17N2S/c1-2-19-20(16-10-4-3-5-11-16)23-21(24-19)22-18-14-8-12-15-9-6-7-13-17(15)18/h3-14H,1-2H2,(H,22,23). The zero-order valence-corrected chi connectivity index (χ0v) is 14.0. The molecule has 0 aliphatic heterocycles. The zero-order valence-electron chi connectivity index (χ0n) is 13.2. The lowest BCUT2D eigenvalue weighted by Crippen LogP contribution is -1.91. The molecule has 2 nitrogen and oxygen atoms in total. The number of hydrogen-bond donors (Lipinski definition) is 1. The number of nitrogens with zero attached hydrogens (tertiary/aromatic N) is 1. The Labute approximate surface area is 145 Å². The summed E-state index contributed by atoms with van der Waals surface area (Å²) >= 11 is 1.67. The van der Waals surface area contributed by atoms with Crippen molar-refractivity contribution >= 4 is 32.9 Å². The van der Waals surface area contributed by atoms with E-state index in [2.05, 4.69) is 66.8 Å². The molecule has 1 radical (unpaired) electrons. The van der Waals surface area contributed by atoms with Crippen molar-refractivity contribution in [3.8, 4) is 11.3 Å². The van der Waals surface area contributed by atoms with Gasteiger partial charge in [0.05, 0.1) is 5.69 Å². The predicted octanol–water partition coefficient (Wildman–Crippen LogP) is 6.08. The fourth-order valence-corrected chi connectivity index (χ4v) is 3.74. The van der Waals surface area contributed by atoms with Crippen molar-refractivity contribution in [1.82, 2.24) is 4.98 Å². The van der Waals surface area contributed by atoms with Gasteiger partial charge in [-0.15, -0.1) is 11.3 Å². The molecule has 1 heterocycles. The average Bonchev–Trinajstić information content (AvgIpc) is 3.06. The van der Waals surface area contributed by atoms with Gasteiger partial charge >= 0.3 is 0 Å². The molecule has 0 amide bonds.